The minimum absolute atomic E-state index is 0.0573. The standard InChI is InChI=1S/C18H21ClN6O/c1-11-10-23-17(24-11)14-5-6-21-18(22-8-7-20-2)25-16(14)13-4-3-12(19)9-15(13)26/h3-5,9-10,20,26H,6-8H2,1-2H3,(H,21,22)(H,23,24). The monoisotopic (exact) mass is 372 g/mol. The van der Waals surface area contributed by atoms with Crippen LogP contribution in [0.15, 0.2) is 40.5 Å². The van der Waals surface area contributed by atoms with Gasteiger partial charge in [-0.2, -0.15) is 0 Å². The number of halogens is 1. The van der Waals surface area contributed by atoms with E-state index in [9.17, 15) is 5.11 Å². The fourth-order valence-corrected chi connectivity index (χ4v) is 2.75. The molecule has 4 N–H and O–H groups in total. The number of guanidine groups is 1. The number of aromatic amines is 1. The Kier molecular flexibility index (Phi) is 5.70. The first-order valence-electron chi connectivity index (χ1n) is 8.31. The van der Waals surface area contributed by atoms with Crippen molar-refractivity contribution in [3.8, 4) is 5.75 Å². The van der Waals surface area contributed by atoms with Crippen molar-refractivity contribution < 1.29 is 5.11 Å². The summed E-state index contributed by atoms with van der Waals surface area (Å²) in [6.45, 7) is 3.87. The minimum Gasteiger partial charge on any atom is -0.507 e. The highest BCUT2D eigenvalue weighted by atomic mass is 35.5. The number of aromatic nitrogens is 2. The maximum Gasteiger partial charge on any atom is 0.218 e. The molecule has 0 saturated heterocycles. The summed E-state index contributed by atoms with van der Waals surface area (Å²) in [4.78, 5) is 16.8. The minimum atomic E-state index is 0.0573. The highest BCUT2D eigenvalue weighted by Gasteiger charge is 2.20. The van der Waals surface area contributed by atoms with Crippen LogP contribution in [0.25, 0.3) is 5.57 Å². The molecule has 8 heteroatoms. The van der Waals surface area contributed by atoms with Gasteiger partial charge in [0.1, 0.15) is 11.6 Å². The molecule has 2 aromatic rings. The van der Waals surface area contributed by atoms with E-state index < -0.39 is 0 Å². The number of allylic oxidation sites excluding steroid dienone is 1. The van der Waals surface area contributed by atoms with Gasteiger partial charge in [-0.05, 0) is 38.2 Å². The Labute approximate surface area is 156 Å². The lowest BCUT2D eigenvalue weighted by molar-refractivity contribution is 0.474. The number of nitrogens with zero attached hydrogens (tertiary/aromatic N) is 3. The van der Waals surface area contributed by atoms with Crippen molar-refractivity contribution in [2.45, 2.75) is 6.92 Å². The molecule has 1 aromatic carbocycles. The zero-order chi connectivity index (χ0) is 18.5. The highest BCUT2D eigenvalue weighted by Crippen LogP contribution is 2.28. The molecule has 0 unspecified atom stereocenters. The summed E-state index contributed by atoms with van der Waals surface area (Å²) < 4.78 is 0. The lowest BCUT2D eigenvalue weighted by Gasteiger charge is -2.12. The number of aliphatic imine (C=N–C) groups is 2. The molecule has 136 valence electrons. The number of nitrogens with one attached hydrogen (secondary N) is 3. The van der Waals surface area contributed by atoms with Crippen molar-refractivity contribution in [2.75, 3.05) is 26.7 Å². The first-order valence-corrected chi connectivity index (χ1v) is 8.69. The second-order valence-corrected chi connectivity index (χ2v) is 6.29. The van der Waals surface area contributed by atoms with Crippen molar-refractivity contribution in [1.82, 2.24) is 20.6 Å². The fraction of sp³-hybridized carbons (Fsp3) is 0.278. The topological polar surface area (TPSA) is 97.7 Å². The lowest BCUT2D eigenvalue weighted by Crippen LogP contribution is -2.30. The van der Waals surface area contributed by atoms with Gasteiger partial charge in [0.2, 0.25) is 5.96 Å². The van der Waals surface area contributed by atoms with E-state index in [1.807, 2.05) is 20.0 Å². The number of hydrogen-bond acceptors (Lipinski definition) is 6. The number of phenols is 1. The first kappa shape index (κ1) is 18.2. The zero-order valence-electron chi connectivity index (χ0n) is 14.7. The number of rotatable bonds is 5. The zero-order valence-corrected chi connectivity index (χ0v) is 15.4. The van der Waals surface area contributed by atoms with Crippen molar-refractivity contribution in [2.24, 2.45) is 9.98 Å². The molecular weight excluding hydrogens is 352 g/mol. The van der Waals surface area contributed by atoms with Crippen LogP contribution in [0, 0.1) is 6.92 Å². The van der Waals surface area contributed by atoms with Gasteiger partial charge in [-0.1, -0.05) is 11.6 Å². The van der Waals surface area contributed by atoms with Crippen LogP contribution in [-0.4, -0.2) is 53.4 Å². The molecule has 7 nitrogen and oxygen atoms in total. The van der Waals surface area contributed by atoms with Crippen molar-refractivity contribution in [1.29, 1.82) is 0 Å². The first-order chi connectivity index (χ1) is 12.6. The third kappa shape index (κ3) is 4.12. The van der Waals surface area contributed by atoms with Crippen LogP contribution in [-0.2, 0) is 0 Å². The predicted molar refractivity (Wildman–Crippen MR) is 105 cm³/mol. The second kappa shape index (κ2) is 8.16. The Morgan fingerprint density at radius 3 is 2.85 bits per heavy atom. The van der Waals surface area contributed by atoms with E-state index in [2.05, 4.69) is 30.6 Å². The van der Waals surface area contributed by atoms with Gasteiger partial charge in [-0.15, -0.1) is 0 Å². The Balaban J connectivity index is 2.04. The number of aromatic hydroxyl groups is 1. The highest BCUT2D eigenvalue weighted by molar-refractivity contribution is 6.35. The molecule has 1 aliphatic rings. The summed E-state index contributed by atoms with van der Waals surface area (Å²) in [6, 6.07) is 4.97. The summed E-state index contributed by atoms with van der Waals surface area (Å²) >= 11 is 5.98. The molecule has 0 amide bonds. The summed E-state index contributed by atoms with van der Waals surface area (Å²) in [6.07, 6.45) is 3.70. The van der Waals surface area contributed by atoms with Gasteiger partial charge in [0.25, 0.3) is 0 Å². The summed E-state index contributed by atoms with van der Waals surface area (Å²) in [5.41, 5.74) is 2.88. The Morgan fingerprint density at radius 2 is 2.15 bits per heavy atom. The molecule has 0 aliphatic carbocycles. The molecule has 0 atom stereocenters. The average molecular weight is 373 g/mol. The quantitative estimate of drug-likeness (QED) is 0.604. The van der Waals surface area contributed by atoms with Crippen LogP contribution in [0.2, 0.25) is 5.02 Å². The molecule has 0 radical (unpaired) electrons. The number of phenolic OH excluding ortho intramolecular Hbond substituents is 1. The molecule has 0 spiro atoms. The van der Waals surface area contributed by atoms with E-state index in [0.29, 0.717) is 41.2 Å². The smallest absolute Gasteiger partial charge is 0.218 e. The molecule has 0 saturated carbocycles. The number of H-pyrrole nitrogens is 1. The maximum absolute atomic E-state index is 10.4. The molecular formula is C18H21ClN6O. The average Bonchev–Trinajstić information content (AvgIpc) is 2.92. The van der Waals surface area contributed by atoms with Gasteiger partial charge in [0.15, 0.2) is 0 Å². The molecule has 0 fully saturated rings. The largest absolute Gasteiger partial charge is 0.507 e. The van der Waals surface area contributed by atoms with Gasteiger partial charge < -0.3 is 20.7 Å². The molecule has 2 heterocycles. The normalized spacial score (nSPS) is 14.3. The van der Waals surface area contributed by atoms with E-state index in [-0.39, 0.29) is 5.75 Å². The Morgan fingerprint density at radius 1 is 1.31 bits per heavy atom. The van der Waals surface area contributed by atoms with Crippen LogP contribution in [0.5, 0.6) is 5.75 Å². The van der Waals surface area contributed by atoms with Crippen LogP contribution >= 0.6 is 11.6 Å². The molecule has 1 aliphatic heterocycles. The second-order valence-electron chi connectivity index (χ2n) is 5.85. The molecule has 3 rings (SSSR count). The Bertz CT molecular complexity index is 884. The fourth-order valence-electron chi connectivity index (χ4n) is 2.59. The van der Waals surface area contributed by atoms with Gasteiger partial charge in [0.05, 0.1) is 12.3 Å². The van der Waals surface area contributed by atoms with Crippen LogP contribution in [0.3, 0.4) is 0 Å². The lowest BCUT2D eigenvalue weighted by atomic mass is 10.0. The van der Waals surface area contributed by atoms with E-state index in [4.69, 9.17) is 11.6 Å². The summed E-state index contributed by atoms with van der Waals surface area (Å²) in [5, 5.41) is 17.1. The predicted octanol–water partition coefficient (Wildman–Crippen LogP) is 2.13. The summed E-state index contributed by atoms with van der Waals surface area (Å²) in [7, 11) is 1.88. The molecule has 26 heavy (non-hydrogen) atoms. The number of benzene rings is 1. The molecule has 1 aromatic heterocycles. The van der Waals surface area contributed by atoms with E-state index in [0.717, 1.165) is 17.8 Å². The van der Waals surface area contributed by atoms with Gasteiger partial charge in [-0.25, -0.2) is 15.0 Å². The summed E-state index contributed by atoms with van der Waals surface area (Å²) in [5.74, 6) is 1.25. The number of imidazole rings is 1. The maximum atomic E-state index is 10.4. The third-order valence-electron chi connectivity index (χ3n) is 3.84. The van der Waals surface area contributed by atoms with Crippen molar-refractivity contribution in [3.05, 3.63) is 52.6 Å². The van der Waals surface area contributed by atoms with Crippen molar-refractivity contribution in [3.63, 3.8) is 0 Å². The van der Waals surface area contributed by atoms with Gasteiger partial charge >= 0.3 is 0 Å². The van der Waals surface area contributed by atoms with E-state index >= 15 is 0 Å². The number of hydrogen-bond donors (Lipinski definition) is 4. The molecule has 0 bridgehead atoms. The Hall–Kier alpha value is -2.64. The third-order valence-corrected chi connectivity index (χ3v) is 4.08. The van der Waals surface area contributed by atoms with Crippen LogP contribution in [0.1, 0.15) is 17.1 Å². The van der Waals surface area contributed by atoms with Crippen LogP contribution < -0.4 is 10.6 Å². The van der Waals surface area contributed by atoms with Crippen molar-refractivity contribution >= 4 is 28.8 Å². The van der Waals surface area contributed by atoms with E-state index in [1.165, 1.54) is 6.07 Å². The number of likely N-dealkylation sites (N-methyl/N-ethyl adjacent to an activating group) is 1. The van der Waals surface area contributed by atoms with Gasteiger partial charge in [-0.3, -0.25) is 0 Å². The number of aryl methyl sites for hydroxylation is 1. The van der Waals surface area contributed by atoms with E-state index in [1.54, 1.807) is 18.3 Å². The van der Waals surface area contributed by atoms with Crippen LogP contribution in [0.4, 0.5) is 0 Å². The van der Waals surface area contributed by atoms with Gasteiger partial charge in [0, 0.05) is 41.1 Å². The SMILES string of the molecule is CNCCNC1=NCC=C(c2ncc(C)[nH]2)C(c2ccc(Cl)cc2O)=N1.